The van der Waals surface area contributed by atoms with Crippen LogP contribution >= 0.6 is 15.9 Å². The third-order valence-corrected chi connectivity index (χ3v) is 5.85. The molecular weight excluding hydrogens is 357 g/mol. The molecule has 0 bridgehead atoms. The Labute approximate surface area is 123 Å². The summed E-state index contributed by atoms with van der Waals surface area (Å²) in [6.45, 7) is -0.302. The molecule has 1 fully saturated rings. The molecule has 0 aromatic heterocycles. The van der Waals surface area contributed by atoms with Gasteiger partial charge in [0, 0.05) is 17.4 Å². The second-order valence-corrected chi connectivity index (χ2v) is 7.11. The van der Waals surface area contributed by atoms with Crippen LogP contribution in [-0.2, 0) is 14.8 Å². The predicted octanol–water partition coefficient (Wildman–Crippen LogP) is 0.797. The fourth-order valence-corrected chi connectivity index (χ4v) is 4.73. The smallest absolute Gasteiger partial charge is 0.322 e. The number of aliphatic hydroxyl groups is 1. The van der Waals surface area contributed by atoms with Crippen molar-refractivity contribution in [3.8, 4) is 0 Å². The van der Waals surface area contributed by atoms with Gasteiger partial charge in [-0.2, -0.15) is 4.31 Å². The van der Waals surface area contributed by atoms with Gasteiger partial charge in [-0.05, 0) is 34.1 Å². The molecule has 1 aromatic carbocycles. The van der Waals surface area contributed by atoms with Gasteiger partial charge in [-0.3, -0.25) is 4.79 Å². The number of sulfonamides is 1. The number of hydrogen-bond acceptors (Lipinski definition) is 4. The summed E-state index contributed by atoms with van der Waals surface area (Å²) in [6, 6.07) is 1.68. The van der Waals surface area contributed by atoms with Crippen LogP contribution in [0.25, 0.3) is 0 Å². The molecule has 1 aromatic rings. The lowest BCUT2D eigenvalue weighted by atomic mass is 10.2. The first-order chi connectivity index (χ1) is 9.23. The van der Waals surface area contributed by atoms with E-state index in [2.05, 4.69) is 15.9 Å². The molecule has 0 radical (unpaired) electrons. The number of carbonyl (C=O) groups is 1. The van der Waals surface area contributed by atoms with Crippen LogP contribution in [0.2, 0.25) is 0 Å². The summed E-state index contributed by atoms with van der Waals surface area (Å²) in [7, 11) is -4.13. The number of aliphatic carboxylic acids is 1. The molecule has 6 nitrogen and oxygen atoms in total. The highest BCUT2D eigenvalue weighted by atomic mass is 79.9. The van der Waals surface area contributed by atoms with Gasteiger partial charge in [0.15, 0.2) is 0 Å². The number of nitrogens with zero attached hydrogens (tertiary/aromatic N) is 1. The third-order valence-electron chi connectivity index (χ3n) is 3.00. The maximum Gasteiger partial charge on any atom is 0.322 e. The van der Waals surface area contributed by atoms with E-state index in [0.717, 1.165) is 22.5 Å². The van der Waals surface area contributed by atoms with Gasteiger partial charge in [0.2, 0.25) is 10.0 Å². The van der Waals surface area contributed by atoms with Gasteiger partial charge in [-0.1, -0.05) is 0 Å². The van der Waals surface area contributed by atoms with Crippen LogP contribution in [0.1, 0.15) is 6.42 Å². The second kappa shape index (κ2) is 5.40. The summed E-state index contributed by atoms with van der Waals surface area (Å²) < 4.78 is 38.6. The van der Waals surface area contributed by atoms with Gasteiger partial charge in [0.05, 0.1) is 11.0 Å². The zero-order chi connectivity index (χ0) is 15.1. The highest BCUT2D eigenvalue weighted by Crippen LogP contribution is 2.31. The highest BCUT2D eigenvalue weighted by molar-refractivity contribution is 9.10. The maximum absolute atomic E-state index is 13.0. The Morgan fingerprint density at radius 3 is 2.65 bits per heavy atom. The molecule has 110 valence electrons. The topological polar surface area (TPSA) is 94.9 Å². The van der Waals surface area contributed by atoms with Crippen LogP contribution in [-0.4, -0.2) is 47.6 Å². The van der Waals surface area contributed by atoms with Crippen LogP contribution in [0.4, 0.5) is 4.39 Å². The number of rotatable bonds is 3. The largest absolute Gasteiger partial charge is 0.480 e. The van der Waals surface area contributed by atoms with Crippen LogP contribution in [0.5, 0.6) is 0 Å². The van der Waals surface area contributed by atoms with Gasteiger partial charge in [-0.15, -0.1) is 0 Å². The first kappa shape index (κ1) is 15.4. The van der Waals surface area contributed by atoms with Crippen LogP contribution in [0.3, 0.4) is 0 Å². The number of carboxylic acid groups (broad SMARTS) is 1. The molecule has 0 aliphatic carbocycles. The maximum atomic E-state index is 13.0. The highest BCUT2D eigenvalue weighted by Gasteiger charge is 2.44. The van der Waals surface area contributed by atoms with Crippen molar-refractivity contribution in [2.75, 3.05) is 6.54 Å². The van der Waals surface area contributed by atoms with Crippen molar-refractivity contribution in [1.29, 1.82) is 0 Å². The number of β-amino-alcohol motifs (C(OH)–C–C–N with tert-alkyl or cyclic N) is 1. The summed E-state index contributed by atoms with van der Waals surface area (Å²) in [5, 5.41) is 18.5. The second-order valence-electron chi connectivity index (χ2n) is 4.39. The average Bonchev–Trinajstić information content (AvgIpc) is 2.71. The number of hydrogen-bond donors (Lipinski definition) is 2. The van der Waals surface area contributed by atoms with Gasteiger partial charge in [0.1, 0.15) is 11.9 Å². The molecule has 2 N–H and O–H groups in total. The van der Waals surface area contributed by atoms with Crippen molar-refractivity contribution >= 4 is 31.9 Å². The van der Waals surface area contributed by atoms with E-state index in [1.807, 2.05) is 0 Å². The monoisotopic (exact) mass is 367 g/mol. The molecule has 1 unspecified atom stereocenters. The average molecular weight is 368 g/mol. The normalized spacial score (nSPS) is 23.9. The van der Waals surface area contributed by atoms with Crippen molar-refractivity contribution in [2.24, 2.45) is 0 Å². The van der Waals surface area contributed by atoms with E-state index in [1.54, 1.807) is 0 Å². The lowest BCUT2D eigenvalue weighted by Crippen LogP contribution is -2.40. The Bertz CT molecular complexity index is 650. The minimum absolute atomic E-state index is 0.00280. The van der Waals surface area contributed by atoms with Crippen molar-refractivity contribution in [2.45, 2.75) is 23.5 Å². The van der Waals surface area contributed by atoms with E-state index in [-0.39, 0.29) is 22.3 Å². The van der Waals surface area contributed by atoms with E-state index in [4.69, 9.17) is 5.11 Å². The third kappa shape index (κ3) is 2.71. The van der Waals surface area contributed by atoms with E-state index < -0.39 is 34.0 Å². The molecule has 2 rings (SSSR count). The Balaban J connectivity index is 2.46. The van der Waals surface area contributed by atoms with Crippen molar-refractivity contribution < 1.29 is 27.8 Å². The zero-order valence-corrected chi connectivity index (χ0v) is 12.4. The molecule has 2 atom stereocenters. The molecular formula is C11H11BrFNO5S. The first-order valence-electron chi connectivity index (χ1n) is 5.61. The molecule has 1 aliphatic heterocycles. The van der Waals surface area contributed by atoms with Crippen LogP contribution < -0.4 is 0 Å². The molecule has 9 heteroatoms. The van der Waals surface area contributed by atoms with E-state index in [1.165, 1.54) is 0 Å². The fraction of sp³-hybridized carbons (Fsp3) is 0.364. The van der Waals surface area contributed by atoms with Crippen molar-refractivity contribution in [3.63, 3.8) is 0 Å². The van der Waals surface area contributed by atoms with Gasteiger partial charge >= 0.3 is 5.97 Å². The fourth-order valence-electron chi connectivity index (χ4n) is 2.09. The van der Waals surface area contributed by atoms with E-state index in [0.29, 0.717) is 0 Å². The lowest BCUT2D eigenvalue weighted by Gasteiger charge is -2.21. The minimum atomic E-state index is -4.13. The summed E-state index contributed by atoms with van der Waals surface area (Å²) in [5.74, 6) is -1.95. The molecule has 0 saturated carbocycles. The SMILES string of the molecule is O=C(O)[C@@H]1CC(O)CN1S(=O)(=O)c1ccc(F)cc1Br. The summed E-state index contributed by atoms with van der Waals surface area (Å²) in [4.78, 5) is 10.8. The Morgan fingerprint density at radius 2 is 2.10 bits per heavy atom. The lowest BCUT2D eigenvalue weighted by molar-refractivity contribution is -0.140. The van der Waals surface area contributed by atoms with Crippen molar-refractivity contribution in [1.82, 2.24) is 4.31 Å². The van der Waals surface area contributed by atoms with Crippen molar-refractivity contribution in [3.05, 3.63) is 28.5 Å². The molecule has 1 heterocycles. The summed E-state index contributed by atoms with van der Waals surface area (Å²) in [5.41, 5.74) is 0. The van der Waals surface area contributed by atoms with E-state index >= 15 is 0 Å². The van der Waals surface area contributed by atoms with Gasteiger partial charge in [0.25, 0.3) is 0 Å². The molecule has 0 amide bonds. The van der Waals surface area contributed by atoms with Gasteiger partial charge in [-0.25, -0.2) is 12.8 Å². The first-order valence-corrected chi connectivity index (χ1v) is 7.84. The molecule has 1 aliphatic rings. The number of aliphatic hydroxyl groups excluding tert-OH is 1. The quantitative estimate of drug-likeness (QED) is 0.823. The summed E-state index contributed by atoms with van der Waals surface area (Å²) >= 11 is 2.95. The summed E-state index contributed by atoms with van der Waals surface area (Å²) in [6.07, 6.45) is -1.21. The van der Waals surface area contributed by atoms with E-state index in [9.17, 15) is 22.7 Å². The number of halogens is 2. The zero-order valence-electron chi connectivity index (χ0n) is 10.0. The Morgan fingerprint density at radius 1 is 1.45 bits per heavy atom. The number of benzene rings is 1. The molecule has 0 spiro atoms. The minimum Gasteiger partial charge on any atom is -0.480 e. The number of carboxylic acids is 1. The standard InChI is InChI=1S/C11H11BrFNO5S/c12-8-3-6(13)1-2-10(8)20(18,19)14-5-7(15)4-9(14)11(16)17/h1-3,7,9,15H,4-5H2,(H,16,17)/t7?,9-/m0/s1. The molecule has 1 saturated heterocycles. The van der Waals surface area contributed by atoms with Crippen LogP contribution in [0, 0.1) is 5.82 Å². The van der Waals surface area contributed by atoms with Gasteiger partial charge < -0.3 is 10.2 Å². The predicted molar refractivity (Wildman–Crippen MR) is 70.0 cm³/mol. The molecule has 20 heavy (non-hydrogen) atoms. The Kier molecular flexibility index (Phi) is 4.14. The van der Waals surface area contributed by atoms with Crippen LogP contribution in [0.15, 0.2) is 27.6 Å². The Hall–Kier alpha value is -1.03.